The molecule has 1 amide bonds. The molecule has 3 aromatic rings. The zero-order valence-corrected chi connectivity index (χ0v) is 16.7. The molecule has 2 aromatic carbocycles. The highest BCUT2D eigenvalue weighted by atomic mass is 16.5. The van der Waals surface area contributed by atoms with Crippen LogP contribution in [0, 0.1) is 11.3 Å². The van der Waals surface area contributed by atoms with E-state index >= 15 is 0 Å². The molecule has 0 N–H and O–H groups in total. The summed E-state index contributed by atoms with van der Waals surface area (Å²) in [6.45, 7) is -0.134. The molecule has 156 valence electrons. The predicted molar refractivity (Wildman–Crippen MR) is 113 cm³/mol. The van der Waals surface area contributed by atoms with Crippen LogP contribution in [0.5, 0.6) is 0 Å². The van der Waals surface area contributed by atoms with E-state index in [1.54, 1.807) is 24.3 Å². The first kappa shape index (κ1) is 21.5. The van der Waals surface area contributed by atoms with Crippen LogP contribution in [0.2, 0.25) is 0 Å². The number of benzene rings is 2. The molecule has 0 aliphatic rings. The fourth-order valence-corrected chi connectivity index (χ4v) is 2.87. The Labute approximate surface area is 178 Å². The Bertz CT molecular complexity index is 1140. The van der Waals surface area contributed by atoms with Crippen molar-refractivity contribution >= 4 is 17.6 Å². The number of rotatable bonds is 8. The summed E-state index contributed by atoms with van der Waals surface area (Å²) in [6.07, 6.45) is 0.139. The Morgan fingerprint density at radius 3 is 2.35 bits per heavy atom. The molecule has 0 unspecified atom stereocenters. The number of hydrogen-bond acceptors (Lipinski definition) is 6. The second-order valence-electron chi connectivity index (χ2n) is 6.57. The van der Waals surface area contributed by atoms with Crippen molar-refractivity contribution in [3.63, 3.8) is 0 Å². The summed E-state index contributed by atoms with van der Waals surface area (Å²) < 4.78 is 6.29. The average Bonchev–Trinajstić information content (AvgIpc) is 2.80. The molecule has 0 spiro atoms. The molecule has 31 heavy (non-hydrogen) atoms. The third-order valence-corrected chi connectivity index (χ3v) is 4.39. The maximum atomic E-state index is 12.6. The van der Waals surface area contributed by atoms with E-state index in [4.69, 9.17) is 10.00 Å². The van der Waals surface area contributed by atoms with Crippen LogP contribution in [0.4, 0.5) is 5.69 Å². The number of para-hydroxylation sites is 1. The van der Waals surface area contributed by atoms with Crippen LogP contribution in [-0.2, 0) is 16.1 Å². The molecule has 0 fully saturated rings. The smallest absolute Gasteiger partial charge is 0.359 e. The minimum Gasteiger partial charge on any atom is -0.451 e. The topological polar surface area (TPSA) is 105 Å². The number of carbonyl (C=O) groups is 2. The molecular formula is C23H20N4O4. The quantitative estimate of drug-likeness (QED) is 0.522. The number of anilines is 1. The third kappa shape index (κ3) is 5.87. The van der Waals surface area contributed by atoms with Crippen LogP contribution in [0.15, 0.2) is 77.6 Å². The van der Waals surface area contributed by atoms with Crippen molar-refractivity contribution < 1.29 is 14.3 Å². The van der Waals surface area contributed by atoms with E-state index in [9.17, 15) is 14.4 Å². The highest BCUT2D eigenvalue weighted by Crippen LogP contribution is 2.14. The molecule has 1 heterocycles. The molecule has 0 saturated heterocycles. The molecule has 0 saturated carbocycles. The third-order valence-electron chi connectivity index (χ3n) is 4.39. The Kier molecular flexibility index (Phi) is 7.27. The lowest BCUT2D eigenvalue weighted by Crippen LogP contribution is -2.35. The van der Waals surface area contributed by atoms with Gasteiger partial charge in [0.1, 0.15) is 0 Å². The van der Waals surface area contributed by atoms with Gasteiger partial charge in [0.25, 0.3) is 11.5 Å². The van der Waals surface area contributed by atoms with Gasteiger partial charge in [0.15, 0.2) is 12.3 Å². The maximum absolute atomic E-state index is 12.6. The number of esters is 1. The van der Waals surface area contributed by atoms with Gasteiger partial charge in [-0.15, -0.1) is 0 Å². The van der Waals surface area contributed by atoms with Crippen molar-refractivity contribution in [2.75, 3.05) is 18.1 Å². The zero-order chi connectivity index (χ0) is 22.1. The second kappa shape index (κ2) is 10.5. The van der Waals surface area contributed by atoms with Crippen molar-refractivity contribution in [3.8, 4) is 6.07 Å². The van der Waals surface area contributed by atoms with E-state index < -0.39 is 18.5 Å². The van der Waals surface area contributed by atoms with Gasteiger partial charge in [-0.3, -0.25) is 9.59 Å². The van der Waals surface area contributed by atoms with Crippen molar-refractivity contribution in [2.24, 2.45) is 0 Å². The van der Waals surface area contributed by atoms with Gasteiger partial charge >= 0.3 is 5.97 Å². The number of amides is 1. The largest absolute Gasteiger partial charge is 0.451 e. The number of nitriles is 1. The van der Waals surface area contributed by atoms with Gasteiger partial charge in [0, 0.05) is 18.3 Å². The first-order valence-corrected chi connectivity index (χ1v) is 9.60. The maximum Gasteiger partial charge on any atom is 0.359 e. The van der Waals surface area contributed by atoms with E-state index in [0.29, 0.717) is 5.69 Å². The number of aromatic nitrogens is 2. The second-order valence-corrected chi connectivity index (χ2v) is 6.57. The Balaban J connectivity index is 1.68. The lowest BCUT2D eigenvalue weighted by Gasteiger charge is -2.21. The monoisotopic (exact) mass is 416 g/mol. The molecule has 8 nitrogen and oxygen atoms in total. The summed E-state index contributed by atoms with van der Waals surface area (Å²) in [4.78, 5) is 38.5. The summed E-state index contributed by atoms with van der Waals surface area (Å²) >= 11 is 0. The number of nitrogens with zero attached hydrogens (tertiary/aromatic N) is 4. The van der Waals surface area contributed by atoms with Gasteiger partial charge in [-0.1, -0.05) is 48.5 Å². The summed E-state index contributed by atoms with van der Waals surface area (Å²) in [5, 5.41) is 12.9. The Morgan fingerprint density at radius 1 is 1.00 bits per heavy atom. The highest BCUT2D eigenvalue weighted by Gasteiger charge is 2.19. The minimum atomic E-state index is -0.816. The van der Waals surface area contributed by atoms with Crippen LogP contribution >= 0.6 is 0 Å². The highest BCUT2D eigenvalue weighted by molar-refractivity contribution is 5.96. The molecular weight excluding hydrogens is 396 g/mol. The van der Waals surface area contributed by atoms with Crippen LogP contribution in [0.1, 0.15) is 22.5 Å². The van der Waals surface area contributed by atoms with Gasteiger partial charge < -0.3 is 9.64 Å². The summed E-state index contributed by atoms with van der Waals surface area (Å²) in [7, 11) is 0. The predicted octanol–water partition coefficient (Wildman–Crippen LogP) is 2.40. The molecule has 3 rings (SSSR count). The molecule has 0 atom stereocenters. The number of ether oxygens (including phenoxy) is 1. The molecule has 0 radical (unpaired) electrons. The number of hydrogen-bond donors (Lipinski definition) is 0. The van der Waals surface area contributed by atoms with E-state index in [-0.39, 0.29) is 30.8 Å². The fraction of sp³-hybridized carbons (Fsp3) is 0.174. The van der Waals surface area contributed by atoms with Crippen molar-refractivity contribution in [1.82, 2.24) is 9.78 Å². The van der Waals surface area contributed by atoms with E-state index in [2.05, 4.69) is 5.10 Å². The lowest BCUT2D eigenvalue weighted by atomic mass is 10.2. The van der Waals surface area contributed by atoms with Crippen LogP contribution in [0.25, 0.3) is 0 Å². The molecule has 1 aromatic heterocycles. The molecule has 0 aliphatic heterocycles. The van der Waals surface area contributed by atoms with Crippen molar-refractivity contribution in [3.05, 3.63) is 94.4 Å². The van der Waals surface area contributed by atoms with Gasteiger partial charge in [0.2, 0.25) is 0 Å². The standard InChI is InChI=1S/C23H20N4O4/c24-14-7-15-26(19-10-5-2-6-11-19)22(29)17-31-23(30)20-12-13-21(28)27(25-20)16-18-8-3-1-4-9-18/h1-6,8-13H,7,15-17H2. The number of carbonyl (C=O) groups excluding carboxylic acids is 2. The van der Waals surface area contributed by atoms with Gasteiger partial charge in [-0.25, -0.2) is 9.48 Å². The van der Waals surface area contributed by atoms with Gasteiger partial charge in [-0.05, 0) is 23.8 Å². The lowest BCUT2D eigenvalue weighted by molar-refractivity contribution is -0.121. The van der Waals surface area contributed by atoms with Gasteiger partial charge in [-0.2, -0.15) is 10.4 Å². The Hall–Kier alpha value is -4.25. The van der Waals surface area contributed by atoms with Crippen LogP contribution in [-0.4, -0.2) is 34.8 Å². The molecule has 8 heteroatoms. The summed E-state index contributed by atoms with van der Waals surface area (Å²) in [5.74, 6) is -1.28. The van der Waals surface area contributed by atoms with Crippen LogP contribution in [0.3, 0.4) is 0 Å². The summed E-state index contributed by atoms with van der Waals surface area (Å²) in [6, 6.07) is 22.6. The SMILES string of the molecule is N#CCCN(C(=O)COC(=O)c1ccc(=O)n(Cc2ccccc2)n1)c1ccccc1. The average molecular weight is 416 g/mol. The van der Waals surface area contributed by atoms with Crippen LogP contribution < -0.4 is 10.5 Å². The first-order valence-electron chi connectivity index (χ1n) is 9.60. The van der Waals surface area contributed by atoms with E-state index in [0.717, 1.165) is 10.2 Å². The van der Waals surface area contributed by atoms with Crippen molar-refractivity contribution in [2.45, 2.75) is 13.0 Å². The summed E-state index contributed by atoms with van der Waals surface area (Å²) in [5.41, 5.74) is 1.02. The minimum absolute atomic E-state index is 0.0772. The molecule has 0 aliphatic carbocycles. The zero-order valence-electron chi connectivity index (χ0n) is 16.7. The first-order chi connectivity index (χ1) is 15.1. The van der Waals surface area contributed by atoms with E-state index in [1.165, 1.54) is 17.0 Å². The van der Waals surface area contributed by atoms with Gasteiger partial charge in [0.05, 0.1) is 19.0 Å². The Morgan fingerprint density at radius 2 is 1.68 bits per heavy atom. The normalized spacial score (nSPS) is 10.2. The molecule has 0 bridgehead atoms. The van der Waals surface area contributed by atoms with E-state index in [1.807, 2.05) is 42.5 Å². The fourth-order valence-electron chi connectivity index (χ4n) is 2.87. The van der Waals surface area contributed by atoms with Crippen molar-refractivity contribution in [1.29, 1.82) is 5.26 Å².